The highest BCUT2D eigenvalue weighted by molar-refractivity contribution is 4.81. The van der Waals surface area contributed by atoms with Crippen LogP contribution >= 0.6 is 0 Å². The first-order chi connectivity index (χ1) is 6.91. The summed E-state index contributed by atoms with van der Waals surface area (Å²) in [5, 5.41) is 3.14. The molecule has 0 aromatic rings. The molecule has 1 heteroatoms. The summed E-state index contributed by atoms with van der Waals surface area (Å²) in [5.41, 5.74) is 0. The molecular formula is C13H27N. The molecule has 0 aromatic carbocycles. The second kappa shape index (κ2) is 12.7. The van der Waals surface area contributed by atoms with Gasteiger partial charge >= 0.3 is 0 Å². The topological polar surface area (TPSA) is 12.0 Å². The molecule has 0 aliphatic heterocycles. The van der Waals surface area contributed by atoms with Crippen LogP contribution in [0.2, 0.25) is 0 Å². The maximum atomic E-state index is 3.14. The summed E-state index contributed by atoms with van der Waals surface area (Å²) in [6.45, 7) is 3.37. The fourth-order valence-electron chi connectivity index (χ4n) is 1.51. The Morgan fingerprint density at radius 1 is 0.857 bits per heavy atom. The standard InChI is InChI=1S/C13H27N/c1-3-4-5-6-7-8-9-10-11-12-13-14-2/h10-11,14H,3-9,12-13H2,1-2H3. The van der Waals surface area contributed by atoms with Gasteiger partial charge in [-0.25, -0.2) is 0 Å². The van der Waals surface area contributed by atoms with E-state index in [4.69, 9.17) is 0 Å². The van der Waals surface area contributed by atoms with Gasteiger partial charge in [0.15, 0.2) is 0 Å². The molecule has 0 rings (SSSR count). The maximum absolute atomic E-state index is 3.14. The molecule has 0 atom stereocenters. The summed E-state index contributed by atoms with van der Waals surface area (Å²) < 4.78 is 0. The SMILES string of the molecule is CCCCCCCCC=CCCNC. The van der Waals surface area contributed by atoms with E-state index in [0.29, 0.717) is 0 Å². The van der Waals surface area contributed by atoms with Gasteiger partial charge in [-0.15, -0.1) is 0 Å². The first-order valence-electron chi connectivity index (χ1n) is 6.21. The first-order valence-corrected chi connectivity index (χ1v) is 6.21. The van der Waals surface area contributed by atoms with Crippen LogP contribution in [0.25, 0.3) is 0 Å². The third kappa shape index (κ3) is 11.7. The summed E-state index contributed by atoms with van der Waals surface area (Å²) >= 11 is 0. The molecule has 0 bridgehead atoms. The van der Waals surface area contributed by atoms with E-state index in [2.05, 4.69) is 24.4 Å². The molecule has 1 nitrogen and oxygen atoms in total. The largest absolute Gasteiger partial charge is 0.319 e. The number of rotatable bonds is 10. The van der Waals surface area contributed by atoms with E-state index in [1.807, 2.05) is 7.05 Å². The van der Waals surface area contributed by atoms with E-state index >= 15 is 0 Å². The Labute approximate surface area is 90.0 Å². The molecule has 0 saturated heterocycles. The predicted octanol–water partition coefficient (Wildman–Crippen LogP) is 3.90. The Hall–Kier alpha value is -0.300. The zero-order valence-corrected chi connectivity index (χ0v) is 10.0. The third-order valence-corrected chi connectivity index (χ3v) is 2.45. The van der Waals surface area contributed by atoms with Crippen LogP contribution in [-0.2, 0) is 0 Å². The van der Waals surface area contributed by atoms with E-state index in [1.165, 1.54) is 51.4 Å². The van der Waals surface area contributed by atoms with E-state index < -0.39 is 0 Å². The van der Waals surface area contributed by atoms with Crippen LogP contribution in [0.15, 0.2) is 12.2 Å². The summed E-state index contributed by atoms with van der Waals surface area (Å²) in [5.74, 6) is 0. The second-order valence-electron chi connectivity index (χ2n) is 3.92. The Morgan fingerprint density at radius 3 is 2.21 bits per heavy atom. The van der Waals surface area contributed by atoms with Gasteiger partial charge in [-0.3, -0.25) is 0 Å². The van der Waals surface area contributed by atoms with Crippen LogP contribution in [0.1, 0.15) is 58.3 Å². The lowest BCUT2D eigenvalue weighted by Crippen LogP contribution is -2.05. The van der Waals surface area contributed by atoms with Crippen LogP contribution < -0.4 is 5.32 Å². The first kappa shape index (κ1) is 13.7. The fraction of sp³-hybridized carbons (Fsp3) is 0.846. The lowest BCUT2D eigenvalue weighted by atomic mass is 10.1. The third-order valence-electron chi connectivity index (χ3n) is 2.45. The van der Waals surface area contributed by atoms with Gasteiger partial charge in [-0.2, -0.15) is 0 Å². The Balaban J connectivity index is 2.94. The Kier molecular flexibility index (Phi) is 12.4. The highest BCUT2D eigenvalue weighted by Gasteiger charge is 1.87. The van der Waals surface area contributed by atoms with Gasteiger partial charge in [-0.05, 0) is 32.9 Å². The van der Waals surface area contributed by atoms with Crippen LogP contribution in [0, 0.1) is 0 Å². The summed E-state index contributed by atoms with van der Waals surface area (Å²) in [6.07, 6.45) is 15.5. The predicted molar refractivity (Wildman–Crippen MR) is 65.7 cm³/mol. The van der Waals surface area contributed by atoms with Crippen molar-refractivity contribution >= 4 is 0 Å². The number of hydrogen-bond donors (Lipinski definition) is 1. The van der Waals surface area contributed by atoms with Crippen LogP contribution in [0.3, 0.4) is 0 Å². The molecule has 0 aliphatic rings. The van der Waals surface area contributed by atoms with Crippen molar-refractivity contribution in [2.45, 2.75) is 58.3 Å². The van der Waals surface area contributed by atoms with E-state index in [1.54, 1.807) is 0 Å². The van der Waals surface area contributed by atoms with Gasteiger partial charge < -0.3 is 5.32 Å². The van der Waals surface area contributed by atoms with Gasteiger partial charge in [0.25, 0.3) is 0 Å². The van der Waals surface area contributed by atoms with Crippen molar-refractivity contribution < 1.29 is 0 Å². The summed E-state index contributed by atoms with van der Waals surface area (Å²) in [7, 11) is 2.00. The molecule has 0 unspecified atom stereocenters. The van der Waals surface area contributed by atoms with Gasteiger partial charge in [0.1, 0.15) is 0 Å². The molecule has 0 aliphatic carbocycles. The van der Waals surface area contributed by atoms with Crippen molar-refractivity contribution in [1.82, 2.24) is 5.32 Å². The summed E-state index contributed by atoms with van der Waals surface area (Å²) in [6, 6.07) is 0. The number of hydrogen-bond acceptors (Lipinski definition) is 1. The fourth-order valence-corrected chi connectivity index (χ4v) is 1.51. The van der Waals surface area contributed by atoms with Crippen molar-refractivity contribution in [3.05, 3.63) is 12.2 Å². The minimum Gasteiger partial charge on any atom is -0.319 e. The molecule has 0 amide bonds. The average Bonchev–Trinajstić information content (AvgIpc) is 2.21. The normalized spacial score (nSPS) is 11.3. The summed E-state index contributed by atoms with van der Waals surface area (Å²) in [4.78, 5) is 0. The highest BCUT2D eigenvalue weighted by atomic mass is 14.8. The van der Waals surface area contributed by atoms with Crippen LogP contribution in [-0.4, -0.2) is 13.6 Å². The highest BCUT2D eigenvalue weighted by Crippen LogP contribution is 2.07. The van der Waals surface area contributed by atoms with Crippen molar-refractivity contribution in [3.63, 3.8) is 0 Å². The van der Waals surface area contributed by atoms with Crippen molar-refractivity contribution in [2.24, 2.45) is 0 Å². The molecule has 0 spiro atoms. The molecular weight excluding hydrogens is 170 g/mol. The molecule has 0 aromatic heterocycles. The molecule has 0 fully saturated rings. The molecule has 0 heterocycles. The van der Waals surface area contributed by atoms with Gasteiger partial charge in [0, 0.05) is 0 Å². The van der Waals surface area contributed by atoms with E-state index in [0.717, 1.165) is 6.54 Å². The Bertz CT molecular complexity index is 118. The quantitative estimate of drug-likeness (QED) is 0.414. The number of unbranched alkanes of at least 4 members (excludes halogenated alkanes) is 6. The van der Waals surface area contributed by atoms with Crippen LogP contribution in [0.4, 0.5) is 0 Å². The lowest BCUT2D eigenvalue weighted by Gasteiger charge is -1.97. The van der Waals surface area contributed by atoms with Crippen LogP contribution in [0.5, 0.6) is 0 Å². The zero-order valence-electron chi connectivity index (χ0n) is 10.0. The maximum Gasteiger partial charge on any atom is -0.00173 e. The molecule has 0 saturated carbocycles. The minimum atomic E-state index is 1.10. The second-order valence-corrected chi connectivity index (χ2v) is 3.92. The molecule has 1 N–H and O–H groups in total. The smallest absolute Gasteiger partial charge is 0.00173 e. The van der Waals surface area contributed by atoms with E-state index in [9.17, 15) is 0 Å². The minimum absolute atomic E-state index is 1.10. The molecule has 0 radical (unpaired) electrons. The van der Waals surface area contributed by atoms with E-state index in [-0.39, 0.29) is 0 Å². The van der Waals surface area contributed by atoms with Gasteiger partial charge in [-0.1, -0.05) is 51.2 Å². The number of nitrogens with one attached hydrogen (secondary N) is 1. The van der Waals surface area contributed by atoms with Gasteiger partial charge in [0.05, 0.1) is 0 Å². The average molecular weight is 197 g/mol. The van der Waals surface area contributed by atoms with Crippen molar-refractivity contribution in [1.29, 1.82) is 0 Å². The van der Waals surface area contributed by atoms with Gasteiger partial charge in [0.2, 0.25) is 0 Å². The zero-order chi connectivity index (χ0) is 10.5. The lowest BCUT2D eigenvalue weighted by molar-refractivity contribution is 0.611. The molecule has 14 heavy (non-hydrogen) atoms. The number of allylic oxidation sites excluding steroid dienone is 1. The monoisotopic (exact) mass is 197 g/mol. The van der Waals surface area contributed by atoms with Crippen molar-refractivity contribution in [3.8, 4) is 0 Å². The molecule has 84 valence electrons. The Morgan fingerprint density at radius 2 is 1.50 bits per heavy atom. The van der Waals surface area contributed by atoms with Crippen molar-refractivity contribution in [2.75, 3.05) is 13.6 Å².